The van der Waals surface area contributed by atoms with E-state index < -0.39 is 12.1 Å². The van der Waals surface area contributed by atoms with E-state index in [-0.39, 0.29) is 30.7 Å². The average Bonchev–Trinajstić information content (AvgIpc) is 3.36. The Morgan fingerprint density at radius 3 is 2.67 bits per heavy atom. The number of rotatable bonds is 3. The average molecular weight is 530 g/mol. The van der Waals surface area contributed by atoms with E-state index in [1.165, 1.54) is 7.11 Å². The minimum atomic E-state index is -0.467. The van der Waals surface area contributed by atoms with Gasteiger partial charge in [0.15, 0.2) is 29.6 Å². The normalized spacial score (nSPS) is 18.9. The maximum absolute atomic E-state index is 13.4. The maximum Gasteiger partial charge on any atom is 0.258 e. The first-order valence-corrected chi connectivity index (χ1v) is 12.3. The molecule has 3 aliphatic heterocycles. The topological polar surface area (TPSA) is 135 Å². The number of fused-ring (bicyclic) bond motifs is 7. The van der Waals surface area contributed by atoms with E-state index in [1.807, 2.05) is 17.0 Å². The Bertz CT molecular complexity index is 1440. The molecule has 39 heavy (non-hydrogen) atoms. The SMILES string of the molecule is COc1ccc2cc1OCC(=O)NCc1ccc(c(OC)c1)O[C@H]1CN(c3cccc(C#N)n3)C[C@@H]1NC2=O. The Hall–Kier alpha value is -4.98. The summed E-state index contributed by atoms with van der Waals surface area (Å²) in [6, 6.07) is 17.0. The van der Waals surface area contributed by atoms with Gasteiger partial charge in [0.2, 0.25) is 0 Å². The van der Waals surface area contributed by atoms with Crippen molar-refractivity contribution < 1.29 is 28.5 Å². The molecule has 2 N–H and O–H groups in total. The van der Waals surface area contributed by atoms with Crippen LogP contribution >= 0.6 is 0 Å². The standard InChI is InChI=1S/C28H27N5O6/c1-36-21-9-7-18-11-24(21)38-16-27(34)30-13-17-6-8-22(23(10-17)37-2)39-25-15-33(14-20(25)32-28(18)35)26-5-3-4-19(12-29)31-26/h3-11,20,25H,13-16H2,1-2H3,(H,30,34)(H,32,35)/t20-,25-/m0/s1. The van der Waals surface area contributed by atoms with E-state index >= 15 is 0 Å². The first-order valence-electron chi connectivity index (χ1n) is 12.3. The first-order chi connectivity index (χ1) is 19.0. The third-order valence-electron chi connectivity index (χ3n) is 6.54. The van der Waals surface area contributed by atoms with Crippen LogP contribution < -0.4 is 34.5 Å². The molecule has 3 aliphatic rings. The van der Waals surface area contributed by atoms with Crippen LogP contribution in [0.1, 0.15) is 21.6 Å². The summed E-state index contributed by atoms with van der Waals surface area (Å²) in [5, 5.41) is 15.2. The molecular weight excluding hydrogens is 502 g/mol. The Morgan fingerprint density at radius 2 is 1.87 bits per heavy atom. The van der Waals surface area contributed by atoms with Crippen molar-refractivity contribution in [3.8, 4) is 29.1 Å². The summed E-state index contributed by atoms with van der Waals surface area (Å²) in [4.78, 5) is 32.2. The van der Waals surface area contributed by atoms with Gasteiger partial charge < -0.3 is 34.5 Å². The van der Waals surface area contributed by atoms with Gasteiger partial charge in [-0.05, 0) is 48.0 Å². The van der Waals surface area contributed by atoms with Gasteiger partial charge in [0, 0.05) is 18.7 Å². The molecule has 0 unspecified atom stereocenters. The van der Waals surface area contributed by atoms with Crippen molar-refractivity contribution in [3.63, 3.8) is 0 Å². The van der Waals surface area contributed by atoms with Crippen LogP contribution in [0.5, 0.6) is 23.0 Å². The second-order valence-electron chi connectivity index (χ2n) is 9.05. The fourth-order valence-corrected chi connectivity index (χ4v) is 4.54. The van der Waals surface area contributed by atoms with Crippen LogP contribution in [-0.4, -0.2) is 62.9 Å². The Morgan fingerprint density at radius 1 is 1.03 bits per heavy atom. The molecular formula is C28H27N5O6. The number of nitrogens with one attached hydrogen (secondary N) is 2. The van der Waals surface area contributed by atoms with Crippen LogP contribution in [0.15, 0.2) is 54.6 Å². The third-order valence-corrected chi connectivity index (χ3v) is 6.54. The van der Waals surface area contributed by atoms with E-state index in [9.17, 15) is 14.9 Å². The van der Waals surface area contributed by atoms with Gasteiger partial charge in [0.05, 0.1) is 26.8 Å². The molecule has 0 saturated carbocycles. The highest BCUT2D eigenvalue weighted by atomic mass is 16.5. The lowest BCUT2D eigenvalue weighted by molar-refractivity contribution is -0.123. The summed E-state index contributed by atoms with van der Waals surface area (Å²) in [5.41, 5.74) is 1.44. The minimum absolute atomic E-state index is 0.256. The maximum atomic E-state index is 13.4. The molecule has 0 spiro atoms. The van der Waals surface area contributed by atoms with Crippen molar-refractivity contribution in [2.75, 3.05) is 38.8 Å². The highest BCUT2D eigenvalue weighted by Crippen LogP contribution is 2.32. The monoisotopic (exact) mass is 529 g/mol. The van der Waals surface area contributed by atoms with Crippen molar-refractivity contribution in [1.29, 1.82) is 5.26 Å². The van der Waals surface area contributed by atoms with Gasteiger partial charge in [0.1, 0.15) is 23.7 Å². The number of amides is 2. The number of nitriles is 1. The molecule has 11 nitrogen and oxygen atoms in total. The van der Waals surface area contributed by atoms with Crippen LogP contribution in [0.4, 0.5) is 5.82 Å². The number of carbonyl (C=O) groups is 2. The molecule has 4 heterocycles. The van der Waals surface area contributed by atoms with Gasteiger partial charge in [-0.25, -0.2) is 4.98 Å². The van der Waals surface area contributed by atoms with Gasteiger partial charge in [-0.2, -0.15) is 5.26 Å². The number of benzene rings is 2. The van der Waals surface area contributed by atoms with Gasteiger partial charge in [-0.15, -0.1) is 0 Å². The van der Waals surface area contributed by atoms with Gasteiger partial charge >= 0.3 is 0 Å². The van der Waals surface area contributed by atoms with Crippen molar-refractivity contribution in [3.05, 3.63) is 71.4 Å². The van der Waals surface area contributed by atoms with Crippen LogP contribution in [0.3, 0.4) is 0 Å². The molecule has 1 aromatic heterocycles. The smallest absolute Gasteiger partial charge is 0.258 e. The largest absolute Gasteiger partial charge is 0.493 e. The van der Waals surface area contributed by atoms with E-state index in [0.29, 0.717) is 47.4 Å². The lowest BCUT2D eigenvalue weighted by atomic mass is 10.1. The predicted molar refractivity (Wildman–Crippen MR) is 140 cm³/mol. The number of carbonyl (C=O) groups excluding carboxylic acids is 2. The van der Waals surface area contributed by atoms with Gasteiger partial charge in [-0.1, -0.05) is 12.1 Å². The second-order valence-corrected chi connectivity index (χ2v) is 9.05. The zero-order chi connectivity index (χ0) is 27.4. The molecule has 1 saturated heterocycles. The van der Waals surface area contributed by atoms with Crippen molar-refractivity contribution in [1.82, 2.24) is 15.6 Å². The minimum Gasteiger partial charge on any atom is -0.493 e. The lowest BCUT2D eigenvalue weighted by Crippen LogP contribution is -2.45. The number of hydrogen-bond donors (Lipinski definition) is 2. The fourth-order valence-electron chi connectivity index (χ4n) is 4.54. The Labute approximate surface area is 225 Å². The number of aromatic nitrogens is 1. The number of nitrogens with zero attached hydrogens (tertiary/aromatic N) is 3. The van der Waals surface area contributed by atoms with Gasteiger partial charge in [-0.3, -0.25) is 9.59 Å². The number of methoxy groups -OCH3 is 2. The summed E-state index contributed by atoms with van der Waals surface area (Å²) < 4.78 is 23.0. The summed E-state index contributed by atoms with van der Waals surface area (Å²) in [5.74, 6) is 1.59. The van der Waals surface area contributed by atoms with Crippen molar-refractivity contribution in [2.45, 2.75) is 18.7 Å². The van der Waals surface area contributed by atoms with Crippen LogP contribution in [0.2, 0.25) is 0 Å². The zero-order valence-corrected chi connectivity index (χ0v) is 21.5. The molecule has 0 radical (unpaired) electrons. The molecule has 3 aromatic rings. The second kappa shape index (κ2) is 11.2. The Kier molecular flexibility index (Phi) is 7.36. The van der Waals surface area contributed by atoms with Crippen LogP contribution in [-0.2, 0) is 11.3 Å². The number of ether oxygens (including phenoxy) is 4. The Balaban J connectivity index is 1.50. The van der Waals surface area contributed by atoms with E-state index in [0.717, 1.165) is 5.56 Å². The van der Waals surface area contributed by atoms with Crippen molar-refractivity contribution >= 4 is 17.6 Å². The highest BCUT2D eigenvalue weighted by Gasteiger charge is 2.37. The number of hydrogen-bond acceptors (Lipinski definition) is 9. The summed E-state index contributed by atoms with van der Waals surface area (Å²) in [7, 11) is 3.03. The predicted octanol–water partition coefficient (Wildman–Crippen LogP) is 2.05. The van der Waals surface area contributed by atoms with Crippen LogP contribution in [0.25, 0.3) is 0 Å². The molecule has 2 amide bonds. The van der Waals surface area contributed by atoms with Crippen LogP contribution in [0, 0.1) is 11.3 Å². The van der Waals surface area contributed by atoms with E-state index in [4.69, 9.17) is 18.9 Å². The lowest BCUT2D eigenvalue weighted by Gasteiger charge is -2.22. The number of pyridine rings is 1. The molecule has 200 valence electrons. The molecule has 1 fully saturated rings. The molecule has 11 heteroatoms. The zero-order valence-electron chi connectivity index (χ0n) is 21.5. The molecule has 4 bridgehead atoms. The molecule has 0 aliphatic carbocycles. The fraction of sp³-hybridized carbons (Fsp3) is 0.286. The number of anilines is 1. The summed E-state index contributed by atoms with van der Waals surface area (Å²) >= 11 is 0. The molecule has 2 aromatic carbocycles. The first kappa shape index (κ1) is 25.7. The molecule has 6 rings (SSSR count). The quantitative estimate of drug-likeness (QED) is 0.523. The van der Waals surface area contributed by atoms with E-state index in [2.05, 4.69) is 21.7 Å². The van der Waals surface area contributed by atoms with E-state index in [1.54, 1.807) is 49.6 Å². The summed E-state index contributed by atoms with van der Waals surface area (Å²) in [6.07, 6.45) is -0.467. The highest BCUT2D eigenvalue weighted by molar-refractivity contribution is 5.95. The third kappa shape index (κ3) is 5.65. The van der Waals surface area contributed by atoms with Crippen molar-refractivity contribution in [2.24, 2.45) is 0 Å². The molecule has 2 atom stereocenters. The summed E-state index contributed by atoms with van der Waals surface area (Å²) in [6.45, 7) is 0.812. The van der Waals surface area contributed by atoms with Gasteiger partial charge in [0.25, 0.3) is 11.8 Å².